The van der Waals surface area contributed by atoms with Gasteiger partial charge in [0.2, 0.25) is 5.89 Å². The summed E-state index contributed by atoms with van der Waals surface area (Å²) in [6, 6.07) is 10.1. The first-order valence-corrected chi connectivity index (χ1v) is 6.05. The maximum atomic E-state index is 5.17. The number of nitrogens with zero attached hydrogens (tertiary/aromatic N) is 2. The highest BCUT2D eigenvalue weighted by Gasteiger charge is 2.06. The van der Waals surface area contributed by atoms with E-state index < -0.39 is 0 Å². The largest absolute Gasteiger partial charge is 0.338 e. The molecule has 94 valence electrons. The monoisotopic (exact) mass is 243 g/mol. The molecule has 0 bridgehead atoms. The lowest BCUT2D eigenvalue weighted by Gasteiger charge is -1.96. The van der Waals surface area contributed by atoms with E-state index in [0.717, 1.165) is 18.8 Å². The number of benzene rings is 1. The molecule has 0 aliphatic heterocycles. The van der Waals surface area contributed by atoms with Gasteiger partial charge in [0.25, 0.3) is 0 Å². The van der Waals surface area contributed by atoms with Crippen molar-refractivity contribution in [1.82, 2.24) is 15.5 Å². The maximum Gasteiger partial charge on any atom is 0.240 e. The molecular formula is C14H17N3O. The van der Waals surface area contributed by atoms with Crippen LogP contribution in [0.15, 0.2) is 47.5 Å². The lowest BCUT2D eigenvalue weighted by Crippen LogP contribution is -2.14. The van der Waals surface area contributed by atoms with Crippen molar-refractivity contribution >= 4 is 0 Å². The highest BCUT2D eigenvalue weighted by molar-refractivity contribution is 5.18. The average Bonchev–Trinajstić information content (AvgIpc) is 2.84. The van der Waals surface area contributed by atoms with Gasteiger partial charge in [0.1, 0.15) is 0 Å². The van der Waals surface area contributed by atoms with Crippen LogP contribution in [0.25, 0.3) is 0 Å². The van der Waals surface area contributed by atoms with Crippen LogP contribution in [0.5, 0.6) is 0 Å². The fraction of sp³-hybridized carbons (Fsp3) is 0.286. The third-order valence-electron chi connectivity index (χ3n) is 2.52. The molecule has 0 saturated heterocycles. The van der Waals surface area contributed by atoms with Crippen LogP contribution in [-0.4, -0.2) is 16.7 Å². The van der Waals surface area contributed by atoms with E-state index in [4.69, 9.17) is 4.52 Å². The minimum Gasteiger partial charge on any atom is -0.338 e. The minimum atomic E-state index is 0.607. The van der Waals surface area contributed by atoms with Gasteiger partial charge in [-0.25, -0.2) is 0 Å². The molecule has 0 radical (unpaired) electrons. The van der Waals surface area contributed by atoms with E-state index in [9.17, 15) is 0 Å². The SMILES string of the molecule is C=CCCNCc1nc(Cc2ccccc2)no1. The van der Waals surface area contributed by atoms with E-state index in [1.807, 2.05) is 24.3 Å². The minimum absolute atomic E-state index is 0.607. The molecule has 2 aromatic rings. The Morgan fingerprint density at radius 3 is 2.89 bits per heavy atom. The summed E-state index contributed by atoms with van der Waals surface area (Å²) in [5, 5.41) is 7.18. The quantitative estimate of drug-likeness (QED) is 0.599. The van der Waals surface area contributed by atoms with Gasteiger partial charge in [0.15, 0.2) is 5.82 Å². The summed E-state index contributed by atoms with van der Waals surface area (Å²) in [5.41, 5.74) is 1.18. The molecule has 0 aliphatic carbocycles. The molecule has 2 rings (SSSR count). The second-order valence-corrected chi connectivity index (χ2v) is 4.02. The van der Waals surface area contributed by atoms with Crippen molar-refractivity contribution in [2.45, 2.75) is 19.4 Å². The molecule has 1 N–H and O–H groups in total. The molecular weight excluding hydrogens is 226 g/mol. The van der Waals surface area contributed by atoms with Crippen molar-refractivity contribution in [1.29, 1.82) is 0 Å². The Morgan fingerprint density at radius 1 is 1.28 bits per heavy atom. The standard InChI is InChI=1S/C14H17N3O/c1-2-3-9-15-11-14-16-13(17-18-14)10-12-7-5-4-6-8-12/h2,4-8,15H,1,3,9-11H2. The molecule has 0 atom stereocenters. The summed E-state index contributed by atoms with van der Waals surface area (Å²) in [6.07, 6.45) is 3.52. The van der Waals surface area contributed by atoms with Crippen LogP contribution in [0.1, 0.15) is 23.7 Å². The van der Waals surface area contributed by atoms with Crippen molar-refractivity contribution in [2.24, 2.45) is 0 Å². The zero-order valence-electron chi connectivity index (χ0n) is 10.3. The topological polar surface area (TPSA) is 51.0 Å². The predicted molar refractivity (Wildman–Crippen MR) is 70.1 cm³/mol. The Hall–Kier alpha value is -1.94. The van der Waals surface area contributed by atoms with Gasteiger partial charge in [-0.3, -0.25) is 0 Å². The van der Waals surface area contributed by atoms with Gasteiger partial charge in [-0.2, -0.15) is 4.98 Å². The first-order chi connectivity index (χ1) is 8.88. The number of rotatable bonds is 7. The van der Waals surface area contributed by atoms with Gasteiger partial charge in [-0.05, 0) is 18.5 Å². The molecule has 0 fully saturated rings. The van der Waals surface area contributed by atoms with Gasteiger partial charge >= 0.3 is 0 Å². The van der Waals surface area contributed by atoms with Crippen LogP contribution in [-0.2, 0) is 13.0 Å². The Morgan fingerprint density at radius 2 is 2.11 bits per heavy atom. The van der Waals surface area contributed by atoms with Crippen molar-refractivity contribution in [2.75, 3.05) is 6.54 Å². The van der Waals surface area contributed by atoms with E-state index in [0.29, 0.717) is 18.9 Å². The predicted octanol–water partition coefficient (Wildman–Crippen LogP) is 2.33. The molecule has 0 amide bonds. The molecule has 0 saturated carbocycles. The molecule has 1 aromatic carbocycles. The molecule has 4 heteroatoms. The zero-order valence-corrected chi connectivity index (χ0v) is 10.3. The molecule has 18 heavy (non-hydrogen) atoms. The second-order valence-electron chi connectivity index (χ2n) is 4.02. The van der Waals surface area contributed by atoms with Crippen LogP contribution in [0.4, 0.5) is 0 Å². The van der Waals surface area contributed by atoms with Gasteiger partial charge in [0, 0.05) is 6.42 Å². The van der Waals surface area contributed by atoms with Gasteiger partial charge < -0.3 is 9.84 Å². The molecule has 0 aliphatic rings. The average molecular weight is 243 g/mol. The highest BCUT2D eigenvalue weighted by Crippen LogP contribution is 2.06. The van der Waals surface area contributed by atoms with Crippen molar-refractivity contribution in [3.05, 3.63) is 60.3 Å². The Kier molecular flexibility index (Phi) is 4.67. The van der Waals surface area contributed by atoms with Crippen molar-refractivity contribution in [3.8, 4) is 0 Å². The summed E-state index contributed by atoms with van der Waals surface area (Å²) in [4.78, 5) is 4.34. The third kappa shape index (κ3) is 3.82. The lowest BCUT2D eigenvalue weighted by molar-refractivity contribution is 0.364. The summed E-state index contributed by atoms with van der Waals surface area (Å²) >= 11 is 0. The van der Waals surface area contributed by atoms with Gasteiger partial charge in [-0.15, -0.1) is 6.58 Å². The summed E-state index contributed by atoms with van der Waals surface area (Å²) in [6.45, 7) is 5.15. The second kappa shape index (κ2) is 6.71. The van der Waals surface area contributed by atoms with E-state index in [2.05, 4.69) is 34.2 Å². The normalized spacial score (nSPS) is 10.4. The van der Waals surface area contributed by atoms with Gasteiger partial charge in [0.05, 0.1) is 6.54 Å². The van der Waals surface area contributed by atoms with Crippen LogP contribution < -0.4 is 5.32 Å². The van der Waals surface area contributed by atoms with Gasteiger partial charge in [-0.1, -0.05) is 41.6 Å². The van der Waals surface area contributed by atoms with E-state index in [1.165, 1.54) is 5.56 Å². The fourth-order valence-corrected chi connectivity index (χ4v) is 1.61. The first kappa shape index (κ1) is 12.5. The van der Waals surface area contributed by atoms with E-state index >= 15 is 0 Å². The van der Waals surface area contributed by atoms with Crippen LogP contribution >= 0.6 is 0 Å². The molecule has 0 spiro atoms. The third-order valence-corrected chi connectivity index (χ3v) is 2.52. The highest BCUT2D eigenvalue weighted by atomic mass is 16.5. The van der Waals surface area contributed by atoms with Crippen molar-refractivity contribution < 1.29 is 4.52 Å². The molecule has 1 aromatic heterocycles. The number of nitrogens with one attached hydrogen (secondary N) is 1. The van der Waals surface area contributed by atoms with Crippen LogP contribution in [0, 0.1) is 0 Å². The summed E-state index contributed by atoms with van der Waals surface area (Å²) < 4.78 is 5.17. The van der Waals surface area contributed by atoms with Crippen LogP contribution in [0.2, 0.25) is 0 Å². The molecule has 1 heterocycles. The Bertz CT molecular complexity index is 479. The lowest BCUT2D eigenvalue weighted by atomic mass is 10.1. The summed E-state index contributed by atoms with van der Waals surface area (Å²) in [5.74, 6) is 1.35. The van der Waals surface area contributed by atoms with E-state index in [-0.39, 0.29) is 0 Å². The van der Waals surface area contributed by atoms with E-state index in [1.54, 1.807) is 0 Å². The Labute approximate surface area is 107 Å². The zero-order chi connectivity index (χ0) is 12.6. The fourth-order valence-electron chi connectivity index (χ4n) is 1.61. The number of aromatic nitrogens is 2. The summed E-state index contributed by atoms with van der Waals surface area (Å²) in [7, 11) is 0. The number of hydrogen-bond donors (Lipinski definition) is 1. The first-order valence-electron chi connectivity index (χ1n) is 6.05. The molecule has 0 unspecified atom stereocenters. The van der Waals surface area contributed by atoms with Crippen LogP contribution in [0.3, 0.4) is 0 Å². The maximum absolute atomic E-state index is 5.17. The number of hydrogen-bond acceptors (Lipinski definition) is 4. The van der Waals surface area contributed by atoms with Crippen molar-refractivity contribution in [3.63, 3.8) is 0 Å². The smallest absolute Gasteiger partial charge is 0.240 e. The molecule has 4 nitrogen and oxygen atoms in total. The Balaban J connectivity index is 1.84.